The van der Waals surface area contributed by atoms with E-state index in [1.807, 2.05) is 0 Å². The molecule has 0 atom stereocenters. The summed E-state index contributed by atoms with van der Waals surface area (Å²) in [5.41, 5.74) is 1.01. The van der Waals surface area contributed by atoms with Gasteiger partial charge in [-0.25, -0.2) is 0 Å². The fraction of sp³-hybridized carbons (Fsp3) is 0.333. The van der Waals surface area contributed by atoms with Crippen LogP contribution in [0.4, 0.5) is 5.69 Å². The number of carbonyl (C=O) groups is 2. The van der Waals surface area contributed by atoms with E-state index in [-0.39, 0.29) is 19.8 Å². The first-order valence-corrected chi connectivity index (χ1v) is 6.29. The van der Waals surface area contributed by atoms with Crippen molar-refractivity contribution in [2.45, 2.75) is 0 Å². The summed E-state index contributed by atoms with van der Waals surface area (Å²) in [6.07, 6.45) is 0. The summed E-state index contributed by atoms with van der Waals surface area (Å²) in [7, 11) is 0. The first-order chi connectivity index (χ1) is 8.66. The monoisotopic (exact) mass is 313 g/mol. The number of nitrogens with zero attached hydrogens (tertiary/aromatic N) is 1. The molecule has 0 fully saturated rings. The summed E-state index contributed by atoms with van der Waals surface area (Å²) in [5, 5.41) is 8.58. The van der Waals surface area contributed by atoms with Gasteiger partial charge in [0, 0.05) is 11.0 Å². The van der Waals surface area contributed by atoms with Crippen molar-refractivity contribution in [3.63, 3.8) is 0 Å². The summed E-state index contributed by atoms with van der Waals surface area (Å²) >= 11 is 3.27. The smallest absolute Gasteiger partial charge is 0.299 e. The summed E-state index contributed by atoms with van der Waals surface area (Å²) in [6.45, 7) is 0.746. The number of hydrogen-bond donors (Lipinski definition) is 1. The van der Waals surface area contributed by atoms with Crippen LogP contribution >= 0.6 is 15.9 Å². The quantitative estimate of drug-likeness (QED) is 0.650. The van der Waals surface area contributed by atoms with Gasteiger partial charge >= 0.3 is 0 Å². The molecule has 0 saturated heterocycles. The van der Waals surface area contributed by atoms with E-state index in [1.165, 1.54) is 4.90 Å². The van der Waals surface area contributed by atoms with Gasteiger partial charge < -0.3 is 14.7 Å². The van der Waals surface area contributed by atoms with E-state index in [0.717, 1.165) is 0 Å². The van der Waals surface area contributed by atoms with E-state index in [2.05, 4.69) is 15.9 Å². The Morgan fingerprint density at radius 2 is 2.06 bits per heavy atom. The zero-order valence-corrected chi connectivity index (χ0v) is 11.1. The highest BCUT2D eigenvalue weighted by Crippen LogP contribution is 2.33. The highest BCUT2D eigenvalue weighted by Gasteiger charge is 2.36. The number of amides is 1. The predicted molar refractivity (Wildman–Crippen MR) is 68.7 cm³/mol. The van der Waals surface area contributed by atoms with Gasteiger partial charge in [0.05, 0.1) is 31.1 Å². The fourth-order valence-electron chi connectivity index (χ4n) is 1.85. The normalized spacial score (nSPS) is 14.2. The predicted octanol–water partition coefficient (Wildman–Crippen LogP) is 0.987. The lowest BCUT2D eigenvalue weighted by atomic mass is 10.1. The number of ether oxygens (including phenoxy) is 1. The number of anilines is 1. The third-order valence-corrected chi connectivity index (χ3v) is 3.30. The largest absolute Gasteiger partial charge is 0.394 e. The minimum absolute atomic E-state index is 0.0605. The third kappa shape index (κ3) is 2.31. The lowest BCUT2D eigenvalue weighted by molar-refractivity contribution is -0.114. The van der Waals surface area contributed by atoms with Crippen LogP contribution in [0.3, 0.4) is 0 Å². The van der Waals surface area contributed by atoms with Crippen LogP contribution in [-0.4, -0.2) is 43.2 Å². The molecule has 1 aromatic rings. The first kappa shape index (κ1) is 13.2. The van der Waals surface area contributed by atoms with Gasteiger partial charge in [-0.05, 0) is 28.1 Å². The van der Waals surface area contributed by atoms with Gasteiger partial charge in [0.25, 0.3) is 11.7 Å². The second-order valence-electron chi connectivity index (χ2n) is 3.76. The van der Waals surface area contributed by atoms with E-state index in [9.17, 15) is 9.59 Å². The number of rotatable bonds is 5. The van der Waals surface area contributed by atoms with Crippen LogP contribution in [0.2, 0.25) is 0 Å². The molecule has 1 N–H and O–H groups in total. The number of ketones is 1. The molecule has 0 radical (unpaired) electrons. The van der Waals surface area contributed by atoms with Crippen LogP contribution in [0.1, 0.15) is 10.4 Å². The fourth-order valence-corrected chi connectivity index (χ4v) is 2.38. The Bertz CT molecular complexity index is 489. The van der Waals surface area contributed by atoms with Crippen molar-refractivity contribution in [1.82, 2.24) is 0 Å². The molecule has 1 heterocycles. The zero-order valence-electron chi connectivity index (χ0n) is 9.56. The lowest BCUT2D eigenvalue weighted by Gasteiger charge is -2.16. The van der Waals surface area contributed by atoms with Gasteiger partial charge in [-0.2, -0.15) is 0 Å². The van der Waals surface area contributed by atoms with Crippen molar-refractivity contribution in [3.05, 3.63) is 28.2 Å². The summed E-state index contributed by atoms with van der Waals surface area (Å²) in [4.78, 5) is 25.0. The van der Waals surface area contributed by atoms with Crippen molar-refractivity contribution in [3.8, 4) is 0 Å². The van der Waals surface area contributed by atoms with Gasteiger partial charge in [0.1, 0.15) is 0 Å². The van der Waals surface area contributed by atoms with Crippen molar-refractivity contribution < 1.29 is 19.4 Å². The molecule has 96 valence electrons. The van der Waals surface area contributed by atoms with Crippen molar-refractivity contribution in [1.29, 1.82) is 0 Å². The number of carbonyl (C=O) groups excluding carboxylic acids is 2. The maximum absolute atomic E-state index is 11.8. The van der Waals surface area contributed by atoms with Crippen molar-refractivity contribution in [2.24, 2.45) is 0 Å². The number of hydrogen-bond acceptors (Lipinski definition) is 4. The number of halogens is 1. The maximum Gasteiger partial charge on any atom is 0.299 e. The van der Waals surface area contributed by atoms with Gasteiger partial charge in [-0.1, -0.05) is 6.07 Å². The van der Waals surface area contributed by atoms with Gasteiger partial charge in [0.2, 0.25) is 0 Å². The van der Waals surface area contributed by atoms with Crippen LogP contribution in [0, 0.1) is 0 Å². The Balaban J connectivity index is 2.16. The number of aliphatic hydroxyl groups is 1. The molecular formula is C12H12BrNO4. The SMILES string of the molecule is O=C1C(=O)N(CCOCCO)c2cccc(Br)c21. The molecule has 1 amide bonds. The maximum atomic E-state index is 11.8. The molecule has 1 aliphatic heterocycles. The molecule has 0 bridgehead atoms. The lowest BCUT2D eigenvalue weighted by Crippen LogP contribution is -2.33. The average molecular weight is 314 g/mol. The Hall–Kier alpha value is -1.24. The number of benzene rings is 1. The molecule has 18 heavy (non-hydrogen) atoms. The standard InChI is InChI=1S/C12H12BrNO4/c13-8-2-1-3-9-10(8)11(16)12(17)14(9)4-6-18-7-5-15/h1-3,15H,4-7H2. The van der Waals surface area contributed by atoms with Gasteiger partial charge in [0.15, 0.2) is 0 Å². The van der Waals surface area contributed by atoms with Gasteiger partial charge in [-0.3, -0.25) is 9.59 Å². The molecule has 1 aliphatic rings. The zero-order chi connectivity index (χ0) is 13.1. The highest BCUT2D eigenvalue weighted by atomic mass is 79.9. The van der Waals surface area contributed by atoms with Gasteiger partial charge in [-0.15, -0.1) is 0 Å². The summed E-state index contributed by atoms with van der Waals surface area (Å²) < 4.78 is 5.73. The van der Waals surface area contributed by atoms with Crippen LogP contribution in [0.15, 0.2) is 22.7 Å². The van der Waals surface area contributed by atoms with E-state index < -0.39 is 11.7 Å². The summed E-state index contributed by atoms with van der Waals surface area (Å²) in [6, 6.07) is 5.24. The van der Waals surface area contributed by atoms with E-state index in [4.69, 9.17) is 9.84 Å². The Morgan fingerprint density at radius 1 is 1.28 bits per heavy atom. The van der Waals surface area contributed by atoms with E-state index in [0.29, 0.717) is 22.3 Å². The first-order valence-electron chi connectivity index (χ1n) is 5.50. The second kappa shape index (κ2) is 5.60. The molecule has 1 aromatic carbocycles. The summed E-state index contributed by atoms with van der Waals surface area (Å²) in [5.74, 6) is -1.04. The third-order valence-electron chi connectivity index (χ3n) is 2.64. The number of Topliss-reactive ketones (excluding diaryl/α,β-unsaturated/α-hetero) is 1. The molecule has 0 unspecified atom stereocenters. The van der Waals surface area contributed by atoms with Crippen LogP contribution in [0.25, 0.3) is 0 Å². The Morgan fingerprint density at radius 3 is 2.78 bits per heavy atom. The molecule has 0 aliphatic carbocycles. The second-order valence-corrected chi connectivity index (χ2v) is 4.61. The van der Waals surface area contributed by atoms with E-state index >= 15 is 0 Å². The highest BCUT2D eigenvalue weighted by molar-refractivity contribution is 9.10. The molecule has 0 spiro atoms. The Kier molecular flexibility index (Phi) is 4.11. The average Bonchev–Trinajstić information content (AvgIpc) is 2.60. The minimum Gasteiger partial charge on any atom is -0.394 e. The number of aliphatic hydroxyl groups excluding tert-OH is 1. The van der Waals surface area contributed by atoms with Crippen molar-refractivity contribution in [2.75, 3.05) is 31.3 Å². The van der Waals surface area contributed by atoms with Crippen molar-refractivity contribution >= 4 is 33.3 Å². The minimum atomic E-state index is -0.538. The molecule has 2 rings (SSSR count). The molecule has 5 nitrogen and oxygen atoms in total. The van der Waals surface area contributed by atoms with Crippen LogP contribution in [0.5, 0.6) is 0 Å². The molecule has 0 aromatic heterocycles. The molecule has 0 saturated carbocycles. The number of fused-ring (bicyclic) bond motifs is 1. The molecular weight excluding hydrogens is 302 g/mol. The molecule has 6 heteroatoms. The van der Waals surface area contributed by atoms with Crippen LogP contribution < -0.4 is 4.90 Å². The topological polar surface area (TPSA) is 66.8 Å². The van der Waals surface area contributed by atoms with Crippen LogP contribution in [-0.2, 0) is 9.53 Å². The Labute approximate surface area is 112 Å². The van der Waals surface area contributed by atoms with E-state index in [1.54, 1.807) is 18.2 Å².